The molecule has 2 aliphatic rings. The number of hydrogen-bond acceptors (Lipinski definition) is 9. The maximum atomic E-state index is 13.2. The molecule has 2 aromatic carbocycles. The van der Waals surface area contributed by atoms with Gasteiger partial charge in [0.05, 0.1) is 16.8 Å². The van der Waals surface area contributed by atoms with Gasteiger partial charge in [0, 0.05) is 38.3 Å². The Bertz CT molecular complexity index is 1130. The van der Waals surface area contributed by atoms with E-state index < -0.39 is 14.9 Å². The summed E-state index contributed by atoms with van der Waals surface area (Å²) in [5.74, 6) is 1.23. The summed E-state index contributed by atoms with van der Waals surface area (Å²) in [6.07, 6.45) is 1.50. The highest BCUT2D eigenvalue weighted by atomic mass is 32.2. The van der Waals surface area contributed by atoms with Crippen molar-refractivity contribution in [3.8, 4) is 11.5 Å². The third kappa shape index (κ3) is 4.45. The number of non-ortho nitro benzene ring substituents is 1. The fourth-order valence-electron chi connectivity index (χ4n) is 3.27. The number of fused-ring (bicyclic) bond motifs is 1. The molecular formula is C19H21N5O6S. The van der Waals surface area contributed by atoms with Crippen LogP contribution in [0.3, 0.4) is 0 Å². The Hall–Kier alpha value is -3.22. The molecule has 0 aromatic heterocycles. The van der Waals surface area contributed by atoms with Crippen molar-refractivity contribution in [2.24, 2.45) is 5.10 Å². The predicted molar refractivity (Wildman–Crippen MR) is 113 cm³/mol. The maximum absolute atomic E-state index is 13.2. The van der Waals surface area contributed by atoms with Crippen LogP contribution in [0.15, 0.2) is 46.4 Å². The number of likely N-dealkylation sites (N-methyl/N-ethyl adjacent to an activating group) is 1. The molecule has 0 aliphatic carbocycles. The normalized spacial score (nSPS) is 17.2. The molecule has 4 rings (SSSR count). The number of rotatable bonds is 6. The molecule has 1 fully saturated rings. The first-order valence-corrected chi connectivity index (χ1v) is 10.9. The van der Waals surface area contributed by atoms with E-state index in [1.54, 1.807) is 18.2 Å². The van der Waals surface area contributed by atoms with Crippen LogP contribution in [0.5, 0.6) is 11.5 Å². The first kappa shape index (κ1) is 21.0. The standard InChI is InChI=1S/C19H21N5O6S/c1-22-6-8-23(9-7-22)31(27,28)19-11-15(24(25)26)3-4-16(19)21-20-12-14-2-5-17-18(10-14)30-13-29-17/h2-5,10-12,21H,6-9,13H2,1H3/b20-12+. The lowest BCUT2D eigenvalue weighted by molar-refractivity contribution is -0.385. The van der Waals surface area contributed by atoms with Crippen molar-refractivity contribution in [3.05, 3.63) is 52.1 Å². The number of anilines is 1. The number of ether oxygens (including phenoxy) is 2. The first-order valence-electron chi connectivity index (χ1n) is 9.50. The van der Waals surface area contributed by atoms with Crippen LogP contribution in [0.1, 0.15) is 5.56 Å². The minimum absolute atomic E-state index is 0.154. The molecule has 2 aromatic rings. The molecule has 0 atom stereocenters. The van der Waals surface area contributed by atoms with Gasteiger partial charge in [-0.3, -0.25) is 15.5 Å². The molecule has 12 heteroatoms. The lowest BCUT2D eigenvalue weighted by Gasteiger charge is -2.31. The highest BCUT2D eigenvalue weighted by Gasteiger charge is 2.31. The molecule has 0 bridgehead atoms. The number of hydrazone groups is 1. The Kier molecular flexibility index (Phi) is 5.76. The Morgan fingerprint density at radius 2 is 1.84 bits per heavy atom. The van der Waals surface area contributed by atoms with Crippen molar-refractivity contribution in [1.82, 2.24) is 9.21 Å². The van der Waals surface area contributed by atoms with Crippen molar-refractivity contribution in [2.45, 2.75) is 4.90 Å². The summed E-state index contributed by atoms with van der Waals surface area (Å²) in [4.78, 5) is 12.4. The molecule has 0 spiro atoms. The maximum Gasteiger partial charge on any atom is 0.270 e. The molecule has 31 heavy (non-hydrogen) atoms. The van der Waals surface area contributed by atoms with Gasteiger partial charge in [-0.2, -0.15) is 9.41 Å². The van der Waals surface area contributed by atoms with Gasteiger partial charge in [-0.1, -0.05) is 0 Å². The third-order valence-electron chi connectivity index (χ3n) is 5.05. The van der Waals surface area contributed by atoms with Gasteiger partial charge in [0.25, 0.3) is 5.69 Å². The second kappa shape index (κ2) is 8.49. The molecule has 0 radical (unpaired) electrons. The van der Waals surface area contributed by atoms with Crippen LogP contribution in [0, 0.1) is 10.1 Å². The third-order valence-corrected chi connectivity index (χ3v) is 6.99. The van der Waals surface area contributed by atoms with Crippen molar-refractivity contribution in [1.29, 1.82) is 0 Å². The van der Waals surface area contributed by atoms with Crippen LogP contribution in [-0.4, -0.2) is 68.8 Å². The van der Waals surface area contributed by atoms with E-state index in [9.17, 15) is 18.5 Å². The van der Waals surface area contributed by atoms with Gasteiger partial charge >= 0.3 is 0 Å². The number of nitrogens with one attached hydrogen (secondary N) is 1. The number of nitro benzene ring substituents is 1. The summed E-state index contributed by atoms with van der Waals surface area (Å²) in [6.45, 7) is 1.94. The molecule has 164 valence electrons. The van der Waals surface area contributed by atoms with Gasteiger partial charge in [-0.05, 0) is 36.9 Å². The average Bonchev–Trinajstić information content (AvgIpc) is 3.22. The zero-order chi connectivity index (χ0) is 22.0. The molecule has 2 heterocycles. The van der Waals surface area contributed by atoms with E-state index in [4.69, 9.17) is 9.47 Å². The smallest absolute Gasteiger partial charge is 0.270 e. The highest BCUT2D eigenvalue weighted by Crippen LogP contribution is 2.32. The van der Waals surface area contributed by atoms with E-state index in [0.717, 1.165) is 6.07 Å². The molecule has 1 saturated heterocycles. The second-order valence-electron chi connectivity index (χ2n) is 7.13. The monoisotopic (exact) mass is 447 g/mol. The van der Waals surface area contributed by atoms with Crippen molar-refractivity contribution in [3.63, 3.8) is 0 Å². The van der Waals surface area contributed by atoms with Crippen LogP contribution in [0.4, 0.5) is 11.4 Å². The zero-order valence-electron chi connectivity index (χ0n) is 16.7. The van der Waals surface area contributed by atoms with Gasteiger partial charge < -0.3 is 14.4 Å². The average molecular weight is 447 g/mol. The van der Waals surface area contributed by atoms with Gasteiger partial charge in [-0.15, -0.1) is 0 Å². The van der Waals surface area contributed by atoms with E-state index in [-0.39, 0.29) is 23.1 Å². The number of nitro groups is 1. The Morgan fingerprint density at radius 3 is 2.58 bits per heavy atom. The molecule has 0 unspecified atom stereocenters. The minimum atomic E-state index is -3.95. The van der Waals surface area contributed by atoms with Crippen LogP contribution in [0.2, 0.25) is 0 Å². The summed E-state index contributed by atoms with van der Waals surface area (Å²) in [5, 5.41) is 15.3. The number of hydrogen-bond donors (Lipinski definition) is 1. The largest absolute Gasteiger partial charge is 0.454 e. The molecular weight excluding hydrogens is 426 g/mol. The van der Waals surface area contributed by atoms with Gasteiger partial charge in [0.2, 0.25) is 16.8 Å². The summed E-state index contributed by atoms with van der Waals surface area (Å²) in [5.41, 5.74) is 3.27. The molecule has 0 amide bonds. The van der Waals surface area contributed by atoms with Crippen LogP contribution in [0.25, 0.3) is 0 Å². The van der Waals surface area contributed by atoms with Crippen LogP contribution >= 0.6 is 0 Å². The minimum Gasteiger partial charge on any atom is -0.454 e. The molecule has 11 nitrogen and oxygen atoms in total. The van der Waals surface area contributed by atoms with Crippen molar-refractivity contribution >= 4 is 27.6 Å². The van der Waals surface area contributed by atoms with Crippen molar-refractivity contribution in [2.75, 3.05) is 45.4 Å². The van der Waals surface area contributed by atoms with Crippen molar-refractivity contribution < 1.29 is 22.8 Å². The van der Waals surface area contributed by atoms with Gasteiger partial charge in [0.15, 0.2) is 11.5 Å². The summed E-state index contributed by atoms with van der Waals surface area (Å²) < 4.78 is 38.3. The Morgan fingerprint density at radius 1 is 1.10 bits per heavy atom. The summed E-state index contributed by atoms with van der Waals surface area (Å²) in [6, 6.07) is 8.91. The van der Waals surface area contributed by atoms with E-state index in [2.05, 4.69) is 10.5 Å². The van der Waals surface area contributed by atoms with E-state index in [1.165, 1.54) is 22.7 Å². The Labute approximate surface area is 179 Å². The van der Waals surface area contributed by atoms with E-state index >= 15 is 0 Å². The quantitative estimate of drug-likeness (QED) is 0.403. The molecule has 2 aliphatic heterocycles. The second-order valence-corrected chi connectivity index (χ2v) is 9.03. The van der Waals surface area contributed by atoms with Gasteiger partial charge in [0.1, 0.15) is 4.90 Å². The first-order chi connectivity index (χ1) is 14.8. The van der Waals surface area contributed by atoms with E-state index in [1.807, 2.05) is 11.9 Å². The van der Waals surface area contributed by atoms with Crippen LogP contribution in [-0.2, 0) is 10.0 Å². The number of piperazine rings is 1. The SMILES string of the molecule is CN1CCN(S(=O)(=O)c2cc([N+](=O)[O-])ccc2N/N=C/c2ccc3c(c2)OCO3)CC1. The summed E-state index contributed by atoms with van der Waals surface area (Å²) >= 11 is 0. The number of benzene rings is 2. The van der Waals surface area contributed by atoms with Crippen LogP contribution < -0.4 is 14.9 Å². The lowest BCUT2D eigenvalue weighted by Crippen LogP contribution is -2.47. The number of nitrogens with zero attached hydrogens (tertiary/aromatic N) is 4. The molecule has 0 saturated carbocycles. The topological polar surface area (TPSA) is 127 Å². The van der Waals surface area contributed by atoms with Gasteiger partial charge in [-0.25, -0.2) is 8.42 Å². The summed E-state index contributed by atoms with van der Waals surface area (Å²) in [7, 11) is -2.03. The highest BCUT2D eigenvalue weighted by molar-refractivity contribution is 7.89. The fraction of sp³-hybridized carbons (Fsp3) is 0.316. The van der Waals surface area contributed by atoms with E-state index in [0.29, 0.717) is 43.2 Å². The zero-order valence-corrected chi connectivity index (χ0v) is 17.5. The fourth-order valence-corrected chi connectivity index (χ4v) is 4.85. The Balaban J connectivity index is 1.60. The number of sulfonamides is 1. The predicted octanol–water partition coefficient (Wildman–Crippen LogP) is 1.71. The molecule has 1 N–H and O–H groups in total. The lowest BCUT2D eigenvalue weighted by atomic mass is 10.2.